The van der Waals surface area contributed by atoms with Crippen LogP contribution in [0, 0.1) is 5.82 Å². The Kier molecular flexibility index (Phi) is 4.94. The summed E-state index contributed by atoms with van der Waals surface area (Å²) in [5, 5.41) is 15.1. The van der Waals surface area contributed by atoms with Crippen molar-refractivity contribution in [3.63, 3.8) is 0 Å². The molecule has 2 aromatic rings. The lowest BCUT2D eigenvalue weighted by Crippen LogP contribution is -2.36. The third-order valence-corrected chi connectivity index (χ3v) is 3.75. The van der Waals surface area contributed by atoms with Gasteiger partial charge >= 0.3 is 5.97 Å². The molecular weight excluding hydrogens is 331 g/mol. The van der Waals surface area contributed by atoms with Crippen molar-refractivity contribution >= 4 is 23.3 Å². The minimum Gasteiger partial charge on any atom is -0.480 e. The monoisotopic (exact) mass is 348 g/mol. The molecule has 1 aromatic carbocycles. The number of nitrogens with one attached hydrogen (secondary N) is 1. The maximum Gasteiger partial charge on any atom is 0.325 e. The Hall–Kier alpha value is -2.94. The first-order valence-electron chi connectivity index (χ1n) is 7.71. The van der Waals surface area contributed by atoms with Crippen molar-refractivity contribution in [1.82, 2.24) is 9.78 Å². The summed E-state index contributed by atoms with van der Waals surface area (Å²) in [7, 11) is 0. The van der Waals surface area contributed by atoms with Crippen LogP contribution in [0.1, 0.15) is 10.4 Å². The molecular formula is C16H17FN4O4. The molecule has 0 radical (unpaired) electrons. The molecule has 1 aromatic heterocycles. The number of ether oxygens (including phenoxy) is 1. The van der Waals surface area contributed by atoms with E-state index in [1.54, 1.807) is 12.1 Å². The molecule has 2 heterocycles. The zero-order valence-electron chi connectivity index (χ0n) is 13.3. The number of aromatic nitrogens is 2. The number of carbonyl (C=O) groups excluding carboxylic acids is 1. The summed E-state index contributed by atoms with van der Waals surface area (Å²) in [5.41, 5.74) is 0.943. The molecule has 1 aliphatic rings. The molecule has 0 aliphatic carbocycles. The molecule has 3 rings (SSSR count). The number of hydrogen-bond acceptors (Lipinski definition) is 5. The van der Waals surface area contributed by atoms with Gasteiger partial charge in [-0.2, -0.15) is 5.10 Å². The average molecular weight is 348 g/mol. The highest BCUT2D eigenvalue weighted by Crippen LogP contribution is 2.22. The van der Waals surface area contributed by atoms with Crippen molar-refractivity contribution in [2.75, 3.05) is 36.5 Å². The minimum atomic E-state index is -1.04. The molecule has 25 heavy (non-hydrogen) atoms. The number of anilines is 2. The molecule has 2 N–H and O–H groups in total. The third kappa shape index (κ3) is 4.13. The van der Waals surface area contributed by atoms with Gasteiger partial charge in [0.2, 0.25) is 0 Å². The third-order valence-electron chi connectivity index (χ3n) is 3.75. The number of aliphatic carboxylic acids is 1. The molecule has 0 atom stereocenters. The van der Waals surface area contributed by atoms with E-state index in [-0.39, 0.29) is 12.1 Å². The lowest BCUT2D eigenvalue weighted by atomic mass is 10.1. The fraction of sp³-hybridized carbons (Fsp3) is 0.312. The van der Waals surface area contributed by atoms with Crippen LogP contribution in [-0.4, -0.2) is 53.1 Å². The number of carbonyl (C=O) groups is 2. The smallest absolute Gasteiger partial charge is 0.325 e. The van der Waals surface area contributed by atoms with Gasteiger partial charge in [-0.05, 0) is 18.2 Å². The zero-order chi connectivity index (χ0) is 17.8. The number of morpholine rings is 1. The quantitative estimate of drug-likeness (QED) is 0.843. The van der Waals surface area contributed by atoms with E-state index in [0.29, 0.717) is 37.7 Å². The molecule has 1 amide bonds. The number of rotatable bonds is 5. The van der Waals surface area contributed by atoms with Gasteiger partial charge in [-0.1, -0.05) is 0 Å². The van der Waals surface area contributed by atoms with Crippen LogP contribution in [-0.2, 0) is 16.1 Å². The van der Waals surface area contributed by atoms with Gasteiger partial charge in [-0.25, -0.2) is 4.39 Å². The molecule has 1 aliphatic heterocycles. The SMILES string of the molecule is O=C(O)Cn1cc(NC(=O)c2ccc(N3CCOCC3)c(F)c2)cn1. The molecule has 0 unspecified atom stereocenters. The van der Waals surface area contributed by atoms with Gasteiger partial charge in [0.05, 0.1) is 30.8 Å². The summed E-state index contributed by atoms with van der Waals surface area (Å²) >= 11 is 0. The number of halogens is 1. The first kappa shape index (κ1) is 16.9. The van der Waals surface area contributed by atoms with Gasteiger partial charge in [-0.15, -0.1) is 0 Å². The molecule has 0 bridgehead atoms. The minimum absolute atomic E-state index is 0.167. The van der Waals surface area contributed by atoms with Gasteiger partial charge in [0.1, 0.15) is 12.4 Å². The van der Waals surface area contributed by atoms with Gasteiger partial charge in [0.15, 0.2) is 0 Å². The molecule has 8 nitrogen and oxygen atoms in total. The highest BCUT2D eigenvalue weighted by Gasteiger charge is 2.17. The standard InChI is InChI=1S/C16H17FN4O4/c17-13-7-11(1-2-14(13)20-3-5-25-6-4-20)16(24)19-12-8-18-21(9-12)10-15(22)23/h1-2,7-9H,3-6,10H2,(H,19,24)(H,22,23). The maximum atomic E-state index is 14.3. The lowest BCUT2D eigenvalue weighted by molar-refractivity contribution is -0.137. The van der Waals surface area contributed by atoms with Crippen molar-refractivity contribution < 1.29 is 23.8 Å². The van der Waals surface area contributed by atoms with Crippen LogP contribution in [0.5, 0.6) is 0 Å². The van der Waals surface area contributed by atoms with Crippen LogP contribution in [0.25, 0.3) is 0 Å². The van der Waals surface area contributed by atoms with Gasteiger partial charge in [-0.3, -0.25) is 14.3 Å². The number of carboxylic acid groups (broad SMARTS) is 1. The highest BCUT2D eigenvalue weighted by molar-refractivity contribution is 6.04. The summed E-state index contributed by atoms with van der Waals surface area (Å²) < 4.78 is 20.8. The maximum absolute atomic E-state index is 14.3. The molecule has 1 fully saturated rings. The summed E-state index contributed by atoms with van der Waals surface area (Å²) in [4.78, 5) is 24.7. The van der Waals surface area contributed by atoms with E-state index in [0.717, 1.165) is 0 Å². The Balaban J connectivity index is 1.68. The number of amides is 1. The van der Waals surface area contributed by atoms with Crippen LogP contribution in [0.15, 0.2) is 30.6 Å². The Morgan fingerprint density at radius 2 is 2.08 bits per heavy atom. The summed E-state index contributed by atoms with van der Waals surface area (Å²) in [5.74, 6) is -2.01. The van der Waals surface area contributed by atoms with Gasteiger partial charge in [0, 0.05) is 24.8 Å². The predicted molar refractivity (Wildman–Crippen MR) is 87.2 cm³/mol. The lowest BCUT2D eigenvalue weighted by Gasteiger charge is -2.29. The van der Waals surface area contributed by atoms with E-state index < -0.39 is 17.7 Å². The topological polar surface area (TPSA) is 96.7 Å². The van der Waals surface area contributed by atoms with E-state index >= 15 is 0 Å². The van der Waals surface area contributed by atoms with E-state index in [4.69, 9.17) is 9.84 Å². The fourth-order valence-electron chi connectivity index (χ4n) is 2.57. The summed E-state index contributed by atoms with van der Waals surface area (Å²) in [6.07, 6.45) is 2.73. The van der Waals surface area contributed by atoms with Gasteiger partial charge < -0.3 is 20.1 Å². The van der Waals surface area contributed by atoms with E-state index in [1.165, 1.54) is 23.1 Å². The van der Waals surface area contributed by atoms with E-state index in [9.17, 15) is 14.0 Å². The second-order valence-electron chi connectivity index (χ2n) is 5.54. The second-order valence-corrected chi connectivity index (χ2v) is 5.54. The van der Waals surface area contributed by atoms with Crippen molar-refractivity contribution in [2.45, 2.75) is 6.54 Å². The zero-order valence-corrected chi connectivity index (χ0v) is 13.3. The normalized spacial score (nSPS) is 14.4. The van der Waals surface area contributed by atoms with Crippen molar-refractivity contribution in [1.29, 1.82) is 0 Å². The Morgan fingerprint density at radius 3 is 2.76 bits per heavy atom. The van der Waals surface area contributed by atoms with Crippen LogP contribution in [0.3, 0.4) is 0 Å². The first-order chi connectivity index (χ1) is 12.0. The summed E-state index contributed by atoms with van der Waals surface area (Å²) in [6.45, 7) is 1.99. The Bertz CT molecular complexity index is 786. The number of hydrogen-bond donors (Lipinski definition) is 2. The molecule has 1 saturated heterocycles. The number of benzene rings is 1. The van der Waals surface area contributed by atoms with Crippen LogP contribution < -0.4 is 10.2 Å². The molecule has 0 spiro atoms. The van der Waals surface area contributed by atoms with Crippen molar-refractivity contribution in [3.05, 3.63) is 42.0 Å². The number of nitrogens with zero attached hydrogens (tertiary/aromatic N) is 3. The largest absolute Gasteiger partial charge is 0.480 e. The Labute approximate surface area is 142 Å². The van der Waals surface area contributed by atoms with Crippen molar-refractivity contribution in [3.8, 4) is 0 Å². The van der Waals surface area contributed by atoms with Gasteiger partial charge in [0.25, 0.3) is 5.91 Å². The molecule has 0 saturated carbocycles. The summed E-state index contributed by atoms with van der Waals surface area (Å²) in [6, 6.07) is 4.30. The van der Waals surface area contributed by atoms with Crippen LogP contribution >= 0.6 is 0 Å². The van der Waals surface area contributed by atoms with Crippen molar-refractivity contribution in [2.24, 2.45) is 0 Å². The van der Waals surface area contributed by atoms with E-state index in [2.05, 4.69) is 10.4 Å². The fourth-order valence-corrected chi connectivity index (χ4v) is 2.57. The first-order valence-corrected chi connectivity index (χ1v) is 7.71. The van der Waals surface area contributed by atoms with E-state index in [1.807, 2.05) is 4.90 Å². The van der Waals surface area contributed by atoms with Crippen LogP contribution in [0.4, 0.5) is 15.8 Å². The Morgan fingerprint density at radius 1 is 1.32 bits per heavy atom. The highest BCUT2D eigenvalue weighted by atomic mass is 19.1. The predicted octanol–water partition coefficient (Wildman–Crippen LogP) is 1.20. The van der Waals surface area contributed by atoms with Crippen LogP contribution in [0.2, 0.25) is 0 Å². The molecule has 9 heteroatoms. The average Bonchev–Trinajstić information content (AvgIpc) is 3.01. The molecule has 132 valence electrons. The second kappa shape index (κ2) is 7.31. The number of carboxylic acids is 1.